The van der Waals surface area contributed by atoms with Crippen molar-refractivity contribution in [2.45, 2.75) is 64.5 Å². The van der Waals surface area contributed by atoms with Gasteiger partial charge in [-0.2, -0.15) is 0 Å². The first-order chi connectivity index (χ1) is 12.6. The van der Waals surface area contributed by atoms with E-state index >= 15 is 0 Å². The summed E-state index contributed by atoms with van der Waals surface area (Å²) in [6.07, 6.45) is -0.0579. The summed E-state index contributed by atoms with van der Waals surface area (Å²) in [6.45, 7) is 9.97. The van der Waals surface area contributed by atoms with Crippen LogP contribution >= 0.6 is 0 Å². The first kappa shape index (κ1) is 19.5. The number of hydrogen-bond donors (Lipinski definition) is 0. The van der Waals surface area contributed by atoms with Crippen LogP contribution in [-0.4, -0.2) is 54.0 Å². The number of fused-ring (bicyclic) bond motifs is 1. The maximum absolute atomic E-state index is 12.8. The Balaban J connectivity index is 1.87. The first-order valence-electron chi connectivity index (χ1n) is 9.15. The monoisotopic (exact) mass is 377 g/mol. The van der Waals surface area contributed by atoms with Gasteiger partial charge in [-0.3, -0.25) is 4.90 Å². The van der Waals surface area contributed by atoms with Gasteiger partial charge in [0.1, 0.15) is 30.6 Å². The SMILES string of the molecule is CC(C)(C)OC(=O)N1[C@@H](Cc2ccc3c(c2)OCCO3)[C@@H](C=O)OC1(C)C. The van der Waals surface area contributed by atoms with Crippen LogP contribution in [0.25, 0.3) is 0 Å². The lowest BCUT2D eigenvalue weighted by Crippen LogP contribution is -2.51. The second-order valence-corrected chi connectivity index (χ2v) is 8.27. The van der Waals surface area contributed by atoms with Crippen LogP contribution in [0.1, 0.15) is 40.2 Å². The summed E-state index contributed by atoms with van der Waals surface area (Å²) < 4.78 is 22.6. The third kappa shape index (κ3) is 4.18. The molecule has 1 saturated heterocycles. The van der Waals surface area contributed by atoms with Crippen LogP contribution in [0.5, 0.6) is 11.5 Å². The molecule has 0 unspecified atom stereocenters. The molecule has 2 aliphatic rings. The molecule has 1 amide bonds. The van der Waals surface area contributed by atoms with Gasteiger partial charge in [0.2, 0.25) is 0 Å². The van der Waals surface area contributed by atoms with Gasteiger partial charge >= 0.3 is 6.09 Å². The fourth-order valence-corrected chi connectivity index (χ4v) is 3.46. The Morgan fingerprint density at radius 1 is 1.26 bits per heavy atom. The standard InChI is InChI=1S/C20H27NO6/c1-19(2,3)27-18(23)21-14(17(12-22)26-20(21,4)5)10-13-6-7-15-16(11-13)25-9-8-24-15/h6-7,11-12,14,17H,8-10H2,1-5H3/t14-,17+/m0/s1. The van der Waals surface area contributed by atoms with E-state index in [2.05, 4.69) is 0 Å². The lowest BCUT2D eigenvalue weighted by molar-refractivity contribution is -0.124. The number of aldehydes is 1. The van der Waals surface area contributed by atoms with Crippen molar-refractivity contribution in [3.63, 3.8) is 0 Å². The zero-order chi connectivity index (χ0) is 19.8. The number of benzene rings is 1. The summed E-state index contributed by atoms with van der Waals surface area (Å²) in [4.78, 5) is 26.0. The fraction of sp³-hybridized carbons (Fsp3) is 0.600. The molecular weight excluding hydrogens is 350 g/mol. The topological polar surface area (TPSA) is 74.3 Å². The molecular formula is C20H27NO6. The minimum Gasteiger partial charge on any atom is -0.486 e. The maximum Gasteiger partial charge on any atom is 0.412 e. The van der Waals surface area contributed by atoms with Gasteiger partial charge in [-0.05, 0) is 58.7 Å². The number of nitrogens with zero attached hydrogens (tertiary/aromatic N) is 1. The average molecular weight is 377 g/mol. The summed E-state index contributed by atoms with van der Waals surface area (Å²) in [7, 11) is 0. The van der Waals surface area contributed by atoms with Gasteiger partial charge in [-0.1, -0.05) is 6.07 Å². The first-order valence-corrected chi connectivity index (χ1v) is 9.15. The van der Waals surface area contributed by atoms with E-state index in [0.717, 1.165) is 11.8 Å². The van der Waals surface area contributed by atoms with E-state index in [1.165, 1.54) is 4.90 Å². The van der Waals surface area contributed by atoms with Crippen LogP contribution in [0.15, 0.2) is 18.2 Å². The normalized spacial score (nSPS) is 23.8. The van der Waals surface area contributed by atoms with Crippen LogP contribution in [0.2, 0.25) is 0 Å². The molecule has 148 valence electrons. The van der Waals surface area contributed by atoms with Crippen molar-refractivity contribution in [1.82, 2.24) is 4.90 Å². The Bertz CT molecular complexity index is 724. The van der Waals surface area contributed by atoms with E-state index < -0.39 is 29.6 Å². The average Bonchev–Trinajstić information content (AvgIpc) is 2.83. The van der Waals surface area contributed by atoms with E-state index in [0.29, 0.717) is 31.1 Å². The Morgan fingerprint density at radius 2 is 1.93 bits per heavy atom. The summed E-state index contributed by atoms with van der Waals surface area (Å²) in [6, 6.07) is 5.16. The Kier molecular flexibility index (Phi) is 5.08. The van der Waals surface area contributed by atoms with Crippen LogP contribution in [0, 0.1) is 0 Å². The van der Waals surface area contributed by atoms with Crippen molar-refractivity contribution < 1.29 is 28.5 Å². The zero-order valence-corrected chi connectivity index (χ0v) is 16.5. The molecule has 0 spiro atoms. The number of ether oxygens (including phenoxy) is 4. The maximum atomic E-state index is 12.8. The van der Waals surface area contributed by atoms with Crippen LogP contribution in [0.4, 0.5) is 4.79 Å². The highest BCUT2D eigenvalue weighted by Crippen LogP contribution is 2.36. The summed E-state index contributed by atoms with van der Waals surface area (Å²) in [5, 5.41) is 0. The molecule has 27 heavy (non-hydrogen) atoms. The molecule has 0 saturated carbocycles. The van der Waals surface area contributed by atoms with Crippen molar-refractivity contribution >= 4 is 12.4 Å². The van der Waals surface area contributed by atoms with Gasteiger partial charge in [-0.25, -0.2) is 4.79 Å². The molecule has 0 aliphatic carbocycles. The lowest BCUT2D eigenvalue weighted by Gasteiger charge is -2.35. The third-order valence-corrected chi connectivity index (χ3v) is 4.49. The van der Waals surface area contributed by atoms with Gasteiger partial charge < -0.3 is 23.7 Å². The third-order valence-electron chi connectivity index (χ3n) is 4.49. The molecule has 7 nitrogen and oxygen atoms in total. The van der Waals surface area contributed by atoms with Gasteiger partial charge in [0.05, 0.1) is 6.04 Å². The highest BCUT2D eigenvalue weighted by atomic mass is 16.6. The van der Waals surface area contributed by atoms with Crippen molar-refractivity contribution in [2.24, 2.45) is 0 Å². The molecule has 2 atom stereocenters. The molecule has 3 rings (SSSR count). The van der Waals surface area contributed by atoms with Crippen molar-refractivity contribution in [3.05, 3.63) is 23.8 Å². The largest absolute Gasteiger partial charge is 0.486 e. The highest BCUT2D eigenvalue weighted by Gasteiger charge is 2.51. The number of carbonyl (C=O) groups is 2. The van der Waals surface area contributed by atoms with E-state index in [4.69, 9.17) is 18.9 Å². The van der Waals surface area contributed by atoms with Crippen molar-refractivity contribution in [2.75, 3.05) is 13.2 Å². The Hall–Kier alpha value is -2.28. The molecule has 1 aromatic rings. The van der Waals surface area contributed by atoms with E-state index in [1.807, 2.05) is 39.0 Å². The van der Waals surface area contributed by atoms with Crippen LogP contribution in [-0.2, 0) is 20.7 Å². The fourth-order valence-electron chi connectivity index (χ4n) is 3.46. The number of carbonyl (C=O) groups excluding carboxylic acids is 2. The molecule has 0 N–H and O–H groups in total. The molecule has 1 fully saturated rings. The molecule has 0 aromatic heterocycles. The summed E-state index contributed by atoms with van der Waals surface area (Å²) >= 11 is 0. The molecule has 0 bridgehead atoms. The van der Waals surface area contributed by atoms with Gasteiger partial charge in [0.25, 0.3) is 0 Å². The molecule has 0 radical (unpaired) electrons. The molecule has 2 heterocycles. The van der Waals surface area contributed by atoms with Crippen LogP contribution < -0.4 is 9.47 Å². The van der Waals surface area contributed by atoms with Gasteiger partial charge in [0, 0.05) is 0 Å². The van der Waals surface area contributed by atoms with Crippen molar-refractivity contribution in [3.8, 4) is 11.5 Å². The van der Waals surface area contributed by atoms with Gasteiger partial charge in [0.15, 0.2) is 17.8 Å². The number of rotatable bonds is 3. The van der Waals surface area contributed by atoms with E-state index in [9.17, 15) is 9.59 Å². The number of amides is 1. The van der Waals surface area contributed by atoms with Crippen LogP contribution in [0.3, 0.4) is 0 Å². The highest BCUT2D eigenvalue weighted by molar-refractivity contribution is 5.72. The quantitative estimate of drug-likeness (QED) is 0.754. The smallest absolute Gasteiger partial charge is 0.412 e. The van der Waals surface area contributed by atoms with Crippen molar-refractivity contribution in [1.29, 1.82) is 0 Å². The second-order valence-electron chi connectivity index (χ2n) is 8.27. The van der Waals surface area contributed by atoms with E-state index in [1.54, 1.807) is 13.8 Å². The minimum absolute atomic E-state index is 0.433. The molecule has 2 aliphatic heterocycles. The zero-order valence-electron chi connectivity index (χ0n) is 16.5. The predicted octanol–water partition coefficient (Wildman–Crippen LogP) is 2.94. The molecule has 1 aromatic carbocycles. The number of hydrogen-bond acceptors (Lipinski definition) is 6. The Labute approximate surface area is 159 Å². The lowest BCUT2D eigenvalue weighted by atomic mass is 10.00. The van der Waals surface area contributed by atoms with E-state index in [-0.39, 0.29) is 0 Å². The minimum atomic E-state index is -0.952. The van der Waals surface area contributed by atoms with Gasteiger partial charge in [-0.15, -0.1) is 0 Å². The molecule has 7 heteroatoms. The summed E-state index contributed by atoms with van der Waals surface area (Å²) in [5.74, 6) is 1.37. The summed E-state index contributed by atoms with van der Waals surface area (Å²) in [5.41, 5.74) is -0.675. The second kappa shape index (κ2) is 7.03. The Morgan fingerprint density at radius 3 is 2.56 bits per heavy atom. The predicted molar refractivity (Wildman–Crippen MR) is 98.0 cm³/mol.